The number of aromatic nitrogens is 2. The van der Waals surface area contributed by atoms with Crippen molar-refractivity contribution in [3.8, 4) is 5.69 Å². The molecule has 4 aromatic rings. The Balaban J connectivity index is 1.39. The molecule has 1 aromatic heterocycles. The first-order valence-corrected chi connectivity index (χ1v) is 9.78. The van der Waals surface area contributed by atoms with Gasteiger partial charge in [0.1, 0.15) is 0 Å². The van der Waals surface area contributed by atoms with E-state index in [-0.39, 0.29) is 11.7 Å². The Bertz CT molecular complexity index is 1130. The van der Waals surface area contributed by atoms with E-state index in [2.05, 4.69) is 10.4 Å². The summed E-state index contributed by atoms with van der Waals surface area (Å²) in [6, 6.07) is 25.8. The quantitative estimate of drug-likeness (QED) is 0.480. The maximum atomic E-state index is 12.8. The molecule has 1 amide bonds. The second-order valence-corrected chi connectivity index (χ2v) is 6.86. The molecule has 30 heavy (non-hydrogen) atoms. The fourth-order valence-corrected chi connectivity index (χ4v) is 3.28. The van der Waals surface area contributed by atoms with Crippen molar-refractivity contribution in [3.05, 3.63) is 120 Å². The van der Waals surface area contributed by atoms with Crippen LogP contribution < -0.4 is 5.32 Å². The zero-order chi connectivity index (χ0) is 20.8. The zero-order valence-corrected chi connectivity index (χ0v) is 16.4. The van der Waals surface area contributed by atoms with Gasteiger partial charge in [-0.1, -0.05) is 60.7 Å². The third kappa shape index (κ3) is 4.36. The highest BCUT2D eigenvalue weighted by atomic mass is 16.2. The summed E-state index contributed by atoms with van der Waals surface area (Å²) in [5.74, 6) is -0.404. The van der Waals surface area contributed by atoms with Crippen LogP contribution in [0, 0.1) is 0 Å². The number of rotatable bonds is 7. The van der Waals surface area contributed by atoms with Crippen molar-refractivity contribution in [1.29, 1.82) is 0 Å². The molecule has 0 spiro atoms. The summed E-state index contributed by atoms with van der Waals surface area (Å²) in [7, 11) is 0. The van der Waals surface area contributed by atoms with E-state index in [0.717, 1.165) is 11.3 Å². The van der Waals surface area contributed by atoms with Crippen molar-refractivity contribution in [3.63, 3.8) is 0 Å². The van der Waals surface area contributed by atoms with Crippen molar-refractivity contribution in [1.82, 2.24) is 15.1 Å². The number of carbonyl (C=O) groups is 2. The number of carbonyl (C=O) groups excluding carboxylic acids is 2. The smallest absolute Gasteiger partial charge is 0.252 e. The van der Waals surface area contributed by atoms with Crippen LogP contribution in [0.5, 0.6) is 0 Å². The Morgan fingerprint density at radius 3 is 2.20 bits per heavy atom. The van der Waals surface area contributed by atoms with Gasteiger partial charge in [-0.2, -0.15) is 5.10 Å². The molecule has 0 bridgehead atoms. The molecular formula is C25H21N3O2. The van der Waals surface area contributed by atoms with E-state index in [9.17, 15) is 9.59 Å². The van der Waals surface area contributed by atoms with E-state index >= 15 is 0 Å². The van der Waals surface area contributed by atoms with Gasteiger partial charge in [-0.15, -0.1) is 0 Å². The average Bonchev–Trinajstić information content (AvgIpc) is 3.34. The summed E-state index contributed by atoms with van der Waals surface area (Å²) in [6.07, 6.45) is 4.33. The van der Waals surface area contributed by atoms with Crippen LogP contribution in [0.25, 0.3) is 5.69 Å². The van der Waals surface area contributed by atoms with E-state index in [1.165, 1.54) is 0 Å². The molecule has 3 aromatic carbocycles. The summed E-state index contributed by atoms with van der Waals surface area (Å²) in [4.78, 5) is 25.5. The van der Waals surface area contributed by atoms with Crippen molar-refractivity contribution < 1.29 is 9.59 Å². The van der Waals surface area contributed by atoms with Crippen LogP contribution in [0.3, 0.4) is 0 Å². The monoisotopic (exact) mass is 395 g/mol. The first kappa shape index (κ1) is 19.3. The van der Waals surface area contributed by atoms with Gasteiger partial charge in [-0.25, -0.2) is 4.68 Å². The largest absolute Gasteiger partial charge is 0.352 e. The Hall–Kier alpha value is -3.99. The fourth-order valence-electron chi connectivity index (χ4n) is 3.28. The summed E-state index contributed by atoms with van der Waals surface area (Å²) in [6.45, 7) is 0.480. The number of nitrogens with one attached hydrogen (secondary N) is 1. The molecule has 0 aliphatic rings. The van der Waals surface area contributed by atoms with Crippen LogP contribution >= 0.6 is 0 Å². The van der Waals surface area contributed by atoms with E-state index in [1.54, 1.807) is 47.3 Å². The van der Waals surface area contributed by atoms with Crippen molar-refractivity contribution in [2.75, 3.05) is 6.54 Å². The van der Waals surface area contributed by atoms with E-state index < -0.39 is 0 Å². The second-order valence-electron chi connectivity index (χ2n) is 6.86. The molecule has 0 fully saturated rings. The van der Waals surface area contributed by atoms with Gasteiger partial charge in [-0.05, 0) is 36.2 Å². The van der Waals surface area contributed by atoms with Crippen LogP contribution in [0.15, 0.2) is 97.3 Å². The number of amides is 1. The second kappa shape index (κ2) is 9.01. The standard InChI is InChI=1S/C25H21N3O2/c29-24(20-7-2-1-3-8-20)22-9-4-5-10-23(22)25(30)26-17-15-19-11-13-21(14-12-19)28-18-6-16-27-28/h1-14,16,18H,15,17H2,(H,26,30). The van der Waals surface area contributed by atoms with Crippen LogP contribution in [-0.2, 0) is 6.42 Å². The van der Waals surface area contributed by atoms with Crippen molar-refractivity contribution in [2.24, 2.45) is 0 Å². The molecule has 1 N–H and O–H groups in total. The maximum absolute atomic E-state index is 12.8. The van der Waals surface area contributed by atoms with Gasteiger partial charge in [0.05, 0.1) is 11.3 Å². The lowest BCUT2D eigenvalue weighted by Gasteiger charge is -2.10. The maximum Gasteiger partial charge on any atom is 0.252 e. The van der Waals surface area contributed by atoms with Crippen LogP contribution in [0.2, 0.25) is 0 Å². The average molecular weight is 395 g/mol. The summed E-state index contributed by atoms with van der Waals surface area (Å²) in [5.41, 5.74) is 3.46. The van der Waals surface area contributed by atoms with Crippen LogP contribution in [0.4, 0.5) is 0 Å². The molecular weight excluding hydrogens is 374 g/mol. The Labute approximate surface area is 175 Å². The molecule has 0 aliphatic heterocycles. The molecule has 5 nitrogen and oxygen atoms in total. The normalized spacial score (nSPS) is 10.5. The molecule has 0 radical (unpaired) electrons. The lowest BCUT2D eigenvalue weighted by molar-refractivity contribution is 0.0942. The molecule has 0 saturated carbocycles. The topological polar surface area (TPSA) is 64.0 Å². The highest BCUT2D eigenvalue weighted by molar-refractivity contribution is 6.15. The summed E-state index contributed by atoms with van der Waals surface area (Å²) in [5, 5.41) is 7.14. The molecule has 0 saturated heterocycles. The lowest BCUT2D eigenvalue weighted by Crippen LogP contribution is -2.27. The minimum absolute atomic E-state index is 0.157. The highest BCUT2D eigenvalue weighted by Crippen LogP contribution is 2.15. The summed E-state index contributed by atoms with van der Waals surface area (Å²) < 4.78 is 1.80. The van der Waals surface area contributed by atoms with Crippen molar-refractivity contribution in [2.45, 2.75) is 6.42 Å². The van der Waals surface area contributed by atoms with Gasteiger partial charge in [0.15, 0.2) is 5.78 Å². The highest BCUT2D eigenvalue weighted by Gasteiger charge is 2.17. The van der Waals surface area contributed by atoms with E-state index in [1.807, 2.05) is 54.7 Å². The minimum Gasteiger partial charge on any atom is -0.352 e. The lowest BCUT2D eigenvalue weighted by atomic mass is 9.98. The van der Waals surface area contributed by atoms with Gasteiger partial charge in [0.25, 0.3) is 5.91 Å². The Morgan fingerprint density at radius 1 is 0.800 bits per heavy atom. The third-order valence-electron chi connectivity index (χ3n) is 4.86. The molecule has 0 atom stereocenters. The number of ketones is 1. The van der Waals surface area contributed by atoms with Crippen LogP contribution in [-0.4, -0.2) is 28.0 Å². The number of nitrogens with zero attached hydrogens (tertiary/aromatic N) is 2. The molecule has 0 aliphatic carbocycles. The minimum atomic E-state index is -0.247. The SMILES string of the molecule is O=C(NCCc1ccc(-n2cccn2)cc1)c1ccccc1C(=O)c1ccccc1. The molecule has 4 rings (SSSR count). The molecule has 1 heterocycles. The summed E-state index contributed by atoms with van der Waals surface area (Å²) >= 11 is 0. The van der Waals surface area contributed by atoms with Crippen molar-refractivity contribution >= 4 is 11.7 Å². The molecule has 5 heteroatoms. The predicted octanol–water partition coefficient (Wildman–Crippen LogP) is 4.08. The van der Waals surface area contributed by atoms with Gasteiger partial charge in [0, 0.05) is 30.1 Å². The van der Waals surface area contributed by atoms with E-state index in [0.29, 0.717) is 29.7 Å². The fraction of sp³-hybridized carbons (Fsp3) is 0.0800. The number of hydrogen-bond donors (Lipinski definition) is 1. The predicted molar refractivity (Wildman–Crippen MR) is 116 cm³/mol. The van der Waals surface area contributed by atoms with Crippen LogP contribution in [0.1, 0.15) is 31.8 Å². The molecule has 148 valence electrons. The first-order valence-electron chi connectivity index (χ1n) is 9.78. The zero-order valence-electron chi connectivity index (χ0n) is 16.4. The first-order chi connectivity index (χ1) is 14.7. The van der Waals surface area contributed by atoms with Gasteiger partial charge in [-0.3, -0.25) is 9.59 Å². The third-order valence-corrected chi connectivity index (χ3v) is 4.86. The molecule has 0 unspecified atom stereocenters. The Kier molecular flexibility index (Phi) is 5.80. The van der Waals surface area contributed by atoms with Gasteiger partial charge in [0.2, 0.25) is 0 Å². The van der Waals surface area contributed by atoms with Gasteiger partial charge >= 0.3 is 0 Å². The number of benzene rings is 3. The van der Waals surface area contributed by atoms with Gasteiger partial charge < -0.3 is 5.32 Å². The Morgan fingerprint density at radius 2 is 1.50 bits per heavy atom. The number of hydrogen-bond acceptors (Lipinski definition) is 3. The van der Waals surface area contributed by atoms with E-state index in [4.69, 9.17) is 0 Å².